The summed E-state index contributed by atoms with van der Waals surface area (Å²) >= 11 is 1.86. The van der Waals surface area contributed by atoms with Crippen molar-refractivity contribution in [3.05, 3.63) is 11.6 Å². The Labute approximate surface area is 125 Å². The summed E-state index contributed by atoms with van der Waals surface area (Å²) in [5, 5.41) is 14.8. The van der Waals surface area contributed by atoms with Crippen molar-refractivity contribution in [2.75, 3.05) is 25.1 Å². The second-order valence-corrected chi connectivity index (χ2v) is 5.57. The van der Waals surface area contributed by atoms with Gasteiger partial charge in [0.2, 0.25) is 0 Å². The molecule has 1 aromatic rings. The highest BCUT2D eigenvalue weighted by Gasteiger charge is 2.04. The quantitative estimate of drug-likeness (QED) is 0.430. The monoisotopic (exact) mass is 298 g/mol. The summed E-state index contributed by atoms with van der Waals surface area (Å²) in [5.41, 5.74) is 0. The van der Waals surface area contributed by atoms with Crippen molar-refractivity contribution in [1.82, 2.24) is 25.4 Å². The lowest BCUT2D eigenvalue weighted by Crippen LogP contribution is -2.38. The first-order chi connectivity index (χ1) is 9.69. The fraction of sp³-hybridized carbons (Fsp3) is 0.769. The third-order valence-electron chi connectivity index (χ3n) is 2.92. The van der Waals surface area contributed by atoms with Gasteiger partial charge in [-0.1, -0.05) is 6.92 Å². The maximum absolute atomic E-state index is 4.57. The van der Waals surface area contributed by atoms with Crippen LogP contribution in [0.3, 0.4) is 0 Å². The van der Waals surface area contributed by atoms with Crippen molar-refractivity contribution in [2.45, 2.75) is 33.2 Å². The van der Waals surface area contributed by atoms with Crippen LogP contribution < -0.4 is 10.6 Å². The van der Waals surface area contributed by atoms with Gasteiger partial charge in [0, 0.05) is 20.1 Å². The number of nitrogens with one attached hydrogen (secondary N) is 2. The van der Waals surface area contributed by atoms with Crippen LogP contribution in [0.15, 0.2) is 4.99 Å². The summed E-state index contributed by atoms with van der Waals surface area (Å²) in [6.45, 7) is 6.49. The lowest BCUT2D eigenvalue weighted by molar-refractivity contribution is 0.738. The lowest BCUT2D eigenvalue weighted by Gasteiger charge is -2.11. The van der Waals surface area contributed by atoms with Crippen LogP contribution in [0.2, 0.25) is 0 Å². The first kappa shape index (κ1) is 16.8. The van der Waals surface area contributed by atoms with Crippen molar-refractivity contribution < 1.29 is 0 Å². The van der Waals surface area contributed by atoms with Crippen molar-refractivity contribution in [2.24, 2.45) is 12.0 Å². The molecular formula is C13H26N6S. The van der Waals surface area contributed by atoms with Gasteiger partial charge in [-0.05, 0) is 31.8 Å². The Morgan fingerprint density at radius 2 is 2.05 bits per heavy atom. The Bertz CT molecular complexity index is 415. The molecule has 0 fully saturated rings. The van der Waals surface area contributed by atoms with Gasteiger partial charge in [0.15, 0.2) is 11.8 Å². The predicted molar refractivity (Wildman–Crippen MR) is 86.2 cm³/mol. The van der Waals surface area contributed by atoms with Gasteiger partial charge >= 0.3 is 0 Å². The minimum Gasteiger partial charge on any atom is -0.356 e. The molecule has 1 rings (SSSR count). The number of rotatable bonds is 8. The van der Waals surface area contributed by atoms with Gasteiger partial charge in [0.05, 0.1) is 0 Å². The molecule has 0 aromatic carbocycles. The zero-order valence-corrected chi connectivity index (χ0v) is 13.8. The number of nitrogens with zero attached hydrogens (tertiary/aromatic N) is 4. The van der Waals surface area contributed by atoms with Crippen molar-refractivity contribution >= 4 is 17.7 Å². The molecule has 1 heterocycles. The summed E-state index contributed by atoms with van der Waals surface area (Å²) in [6, 6.07) is 0. The van der Waals surface area contributed by atoms with Crippen LogP contribution in [-0.2, 0) is 13.6 Å². The Balaban J connectivity index is 2.52. The van der Waals surface area contributed by atoms with Gasteiger partial charge in [-0.2, -0.15) is 11.8 Å². The minimum atomic E-state index is 0.541. The standard InChI is InChI=1S/C13H26N6S/c1-5-7-14-13(15-8-6-9-20-4)16-10-12-18-17-11(2)19(12)3/h5-10H2,1-4H3,(H2,14,15,16). The third kappa shape index (κ3) is 5.81. The highest BCUT2D eigenvalue weighted by atomic mass is 32.2. The average molecular weight is 298 g/mol. The van der Waals surface area contributed by atoms with Crippen LogP contribution in [0.1, 0.15) is 31.4 Å². The summed E-state index contributed by atoms with van der Waals surface area (Å²) < 4.78 is 1.97. The molecule has 0 radical (unpaired) electrons. The summed E-state index contributed by atoms with van der Waals surface area (Å²) in [7, 11) is 1.96. The van der Waals surface area contributed by atoms with E-state index >= 15 is 0 Å². The molecule has 20 heavy (non-hydrogen) atoms. The Kier molecular flexibility index (Phi) is 8.10. The first-order valence-corrected chi connectivity index (χ1v) is 8.44. The molecule has 0 aliphatic rings. The second kappa shape index (κ2) is 9.63. The molecule has 0 saturated carbocycles. The highest BCUT2D eigenvalue weighted by Crippen LogP contribution is 1.99. The summed E-state index contributed by atoms with van der Waals surface area (Å²) in [5.74, 6) is 3.81. The molecule has 0 bridgehead atoms. The van der Waals surface area contributed by atoms with Gasteiger partial charge in [0.25, 0.3) is 0 Å². The van der Waals surface area contributed by atoms with Crippen molar-refractivity contribution in [3.8, 4) is 0 Å². The summed E-state index contributed by atoms with van der Waals surface area (Å²) in [6.07, 6.45) is 4.34. The number of hydrogen-bond acceptors (Lipinski definition) is 4. The molecule has 0 spiro atoms. The van der Waals surface area contributed by atoms with E-state index in [9.17, 15) is 0 Å². The Hall–Kier alpha value is -1.24. The van der Waals surface area contributed by atoms with Crippen LogP contribution in [0.5, 0.6) is 0 Å². The average Bonchev–Trinajstić information content (AvgIpc) is 2.77. The number of aryl methyl sites for hydroxylation is 1. The van der Waals surface area contributed by atoms with Crippen LogP contribution in [-0.4, -0.2) is 45.8 Å². The number of guanidine groups is 1. The van der Waals surface area contributed by atoms with Gasteiger partial charge in [0.1, 0.15) is 12.4 Å². The molecular weight excluding hydrogens is 272 g/mol. The van der Waals surface area contributed by atoms with Crippen molar-refractivity contribution in [1.29, 1.82) is 0 Å². The first-order valence-electron chi connectivity index (χ1n) is 7.05. The second-order valence-electron chi connectivity index (χ2n) is 4.59. The number of aliphatic imine (C=N–C) groups is 1. The SMILES string of the molecule is CCCNC(=NCc1nnc(C)n1C)NCCCSC. The molecule has 2 N–H and O–H groups in total. The molecule has 0 aliphatic carbocycles. The minimum absolute atomic E-state index is 0.541. The number of thioether (sulfide) groups is 1. The molecule has 0 amide bonds. The Morgan fingerprint density at radius 1 is 1.30 bits per heavy atom. The van der Waals surface area contributed by atoms with E-state index in [0.29, 0.717) is 6.54 Å². The fourth-order valence-electron chi connectivity index (χ4n) is 1.58. The van der Waals surface area contributed by atoms with Crippen LogP contribution in [0, 0.1) is 6.92 Å². The van der Waals surface area contributed by atoms with Gasteiger partial charge in [-0.25, -0.2) is 4.99 Å². The van der Waals surface area contributed by atoms with Crippen LogP contribution >= 0.6 is 11.8 Å². The van der Waals surface area contributed by atoms with Crippen molar-refractivity contribution in [3.63, 3.8) is 0 Å². The maximum Gasteiger partial charge on any atom is 0.191 e. The van der Waals surface area contributed by atoms with Gasteiger partial charge < -0.3 is 15.2 Å². The van der Waals surface area contributed by atoms with E-state index in [1.807, 2.05) is 30.3 Å². The van der Waals surface area contributed by atoms with Gasteiger partial charge in [-0.15, -0.1) is 10.2 Å². The zero-order chi connectivity index (χ0) is 14.8. The fourth-order valence-corrected chi connectivity index (χ4v) is 2.01. The largest absolute Gasteiger partial charge is 0.356 e. The molecule has 0 aliphatic heterocycles. The van der Waals surface area contributed by atoms with E-state index in [2.05, 4.69) is 39.0 Å². The van der Waals surface area contributed by atoms with E-state index in [1.165, 1.54) is 0 Å². The molecule has 0 saturated heterocycles. The van der Waals surface area contributed by atoms with E-state index in [4.69, 9.17) is 0 Å². The lowest BCUT2D eigenvalue weighted by atomic mass is 10.4. The highest BCUT2D eigenvalue weighted by molar-refractivity contribution is 7.98. The predicted octanol–water partition coefficient (Wildman–Crippen LogP) is 1.32. The molecule has 0 unspecified atom stereocenters. The molecule has 1 aromatic heterocycles. The van der Waals surface area contributed by atoms with Gasteiger partial charge in [-0.3, -0.25) is 0 Å². The third-order valence-corrected chi connectivity index (χ3v) is 3.62. The number of aromatic nitrogens is 3. The Morgan fingerprint density at radius 3 is 2.65 bits per heavy atom. The van der Waals surface area contributed by atoms with Crippen LogP contribution in [0.4, 0.5) is 0 Å². The summed E-state index contributed by atoms with van der Waals surface area (Å²) in [4.78, 5) is 4.57. The van der Waals surface area contributed by atoms with E-state index < -0.39 is 0 Å². The number of hydrogen-bond donors (Lipinski definition) is 2. The van der Waals surface area contributed by atoms with Crippen LogP contribution in [0.25, 0.3) is 0 Å². The maximum atomic E-state index is 4.57. The molecule has 6 nitrogen and oxygen atoms in total. The van der Waals surface area contributed by atoms with E-state index in [-0.39, 0.29) is 0 Å². The normalized spacial score (nSPS) is 11.7. The van der Waals surface area contributed by atoms with E-state index in [1.54, 1.807) is 0 Å². The smallest absolute Gasteiger partial charge is 0.191 e. The molecule has 114 valence electrons. The zero-order valence-electron chi connectivity index (χ0n) is 12.9. The topological polar surface area (TPSA) is 67.1 Å². The van der Waals surface area contributed by atoms with E-state index in [0.717, 1.165) is 49.3 Å². The molecule has 7 heteroatoms. The molecule has 0 atom stereocenters.